The number of aliphatic hydroxyl groups excluding tert-OH is 2. The third-order valence-corrected chi connectivity index (χ3v) is 6.33. The highest BCUT2D eigenvalue weighted by molar-refractivity contribution is 5.85. The van der Waals surface area contributed by atoms with E-state index in [-0.39, 0.29) is 44.8 Å². The summed E-state index contributed by atoms with van der Waals surface area (Å²) in [6.07, 6.45) is -8.55. The number of alkyl halides is 3. The van der Waals surface area contributed by atoms with Gasteiger partial charge in [-0.1, -0.05) is 36.4 Å². The molecule has 0 aliphatic heterocycles. The number of hydrogen-bond acceptors (Lipinski definition) is 6. The summed E-state index contributed by atoms with van der Waals surface area (Å²) in [6.45, 7) is 2.20. The van der Waals surface area contributed by atoms with Crippen molar-refractivity contribution in [2.75, 3.05) is 20.3 Å². The average Bonchev–Trinajstić information content (AvgIpc) is 2.84. The highest BCUT2D eigenvalue weighted by Crippen LogP contribution is 2.36. The van der Waals surface area contributed by atoms with E-state index in [4.69, 9.17) is 14.2 Å². The van der Waals surface area contributed by atoms with Gasteiger partial charge in [0, 0.05) is 26.5 Å². The molecule has 10 heteroatoms. The first-order chi connectivity index (χ1) is 17.1. The summed E-state index contributed by atoms with van der Waals surface area (Å²) in [4.78, 5) is 13.3. The van der Waals surface area contributed by atoms with Crippen molar-refractivity contribution in [2.24, 2.45) is 0 Å². The Balaban J connectivity index is 1.80. The summed E-state index contributed by atoms with van der Waals surface area (Å²) in [5.41, 5.74) is -0.299. The van der Waals surface area contributed by atoms with Crippen LogP contribution in [0, 0.1) is 6.92 Å². The molecule has 198 valence electrons. The van der Waals surface area contributed by atoms with Crippen LogP contribution in [0.25, 0.3) is 0 Å². The Morgan fingerprint density at radius 3 is 2.56 bits per heavy atom. The highest BCUT2D eigenvalue weighted by Gasteiger charge is 2.51. The fourth-order valence-corrected chi connectivity index (χ4v) is 4.22. The monoisotopic (exact) mass is 511 g/mol. The SMILES string of the molecule is COCCNC(=O)[C@@]1(OCc2ccccc2C)CC(OCc2cccc(C(F)(F)F)c2)[C@H](O)[C@H](O)C1. The van der Waals surface area contributed by atoms with Crippen LogP contribution in [0.2, 0.25) is 0 Å². The van der Waals surface area contributed by atoms with E-state index < -0.39 is 41.6 Å². The van der Waals surface area contributed by atoms with Gasteiger partial charge in [0.2, 0.25) is 0 Å². The second kappa shape index (κ2) is 12.2. The topological polar surface area (TPSA) is 97.3 Å². The molecule has 1 aliphatic carbocycles. The van der Waals surface area contributed by atoms with Gasteiger partial charge >= 0.3 is 6.18 Å². The molecule has 1 amide bonds. The molecule has 1 fully saturated rings. The van der Waals surface area contributed by atoms with Gasteiger partial charge in [-0.2, -0.15) is 13.2 Å². The molecule has 0 bridgehead atoms. The van der Waals surface area contributed by atoms with Crippen LogP contribution < -0.4 is 5.32 Å². The van der Waals surface area contributed by atoms with Crippen molar-refractivity contribution in [1.82, 2.24) is 5.32 Å². The minimum absolute atomic E-state index is 0.0769. The largest absolute Gasteiger partial charge is 0.416 e. The predicted molar refractivity (Wildman–Crippen MR) is 125 cm³/mol. The highest BCUT2D eigenvalue weighted by atomic mass is 19.4. The molecule has 3 rings (SSSR count). The maximum absolute atomic E-state index is 13.3. The minimum atomic E-state index is -4.50. The van der Waals surface area contributed by atoms with E-state index in [9.17, 15) is 28.2 Å². The van der Waals surface area contributed by atoms with Gasteiger partial charge in [-0.15, -0.1) is 0 Å². The van der Waals surface area contributed by atoms with E-state index in [1.807, 2.05) is 31.2 Å². The molecular weight excluding hydrogens is 479 g/mol. The van der Waals surface area contributed by atoms with Crippen LogP contribution in [0.4, 0.5) is 13.2 Å². The van der Waals surface area contributed by atoms with E-state index in [0.29, 0.717) is 0 Å². The minimum Gasteiger partial charge on any atom is -0.390 e. The number of carbonyl (C=O) groups excluding carboxylic acids is 1. The van der Waals surface area contributed by atoms with Crippen LogP contribution in [-0.2, 0) is 38.4 Å². The second-order valence-corrected chi connectivity index (χ2v) is 8.97. The Kier molecular flexibility index (Phi) is 9.48. The number of methoxy groups -OCH3 is 1. The molecule has 3 N–H and O–H groups in total. The summed E-state index contributed by atoms with van der Waals surface area (Å²) in [5.74, 6) is -0.494. The van der Waals surface area contributed by atoms with Gasteiger partial charge in [-0.05, 0) is 35.7 Å². The lowest BCUT2D eigenvalue weighted by Crippen LogP contribution is -2.60. The Morgan fingerprint density at radius 2 is 1.86 bits per heavy atom. The predicted octanol–water partition coefficient (Wildman–Crippen LogP) is 3.13. The first-order valence-electron chi connectivity index (χ1n) is 11.7. The molecule has 0 heterocycles. The lowest BCUT2D eigenvalue weighted by Gasteiger charge is -2.44. The smallest absolute Gasteiger partial charge is 0.390 e. The Labute approximate surface area is 208 Å². The van der Waals surface area contributed by atoms with Crippen molar-refractivity contribution in [3.63, 3.8) is 0 Å². The molecular formula is C26H32F3NO6. The third kappa shape index (κ3) is 7.04. The Hall–Kier alpha value is -2.50. The number of carbonyl (C=O) groups is 1. The molecule has 0 aromatic heterocycles. The van der Waals surface area contributed by atoms with Gasteiger partial charge < -0.3 is 29.7 Å². The number of benzene rings is 2. The number of nitrogens with one attached hydrogen (secondary N) is 1. The average molecular weight is 512 g/mol. The summed E-state index contributed by atoms with van der Waals surface area (Å²) < 4.78 is 56.1. The van der Waals surface area contributed by atoms with E-state index in [1.165, 1.54) is 19.2 Å². The summed E-state index contributed by atoms with van der Waals surface area (Å²) in [7, 11) is 1.50. The van der Waals surface area contributed by atoms with Crippen molar-refractivity contribution < 1.29 is 42.4 Å². The van der Waals surface area contributed by atoms with Crippen LogP contribution in [0.1, 0.15) is 35.1 Å². The van der Waals surface area contributed by atoms with Gasteiger partial charge in [0.15, 0.2) is 5.60 Å². The zero-order valence-electron chi connectivity index (χ0n) is 20.3. The standard InChI is InChI=1S/C26H32F3NO6/c1-17-6-3-4-8-19(17)16-36-25(24(33)30-10-11-34-2)13-21(31)23(32)22(14-25)35-15-18-7-5-9-20(12-18)26(27,28)29/h3-9,12,21-23,31-32H,10-11,13-16H2,1-2H3,(H,30,33)/t21-,22?,23-,25+/m1/s1. The molecule has 2 aromatic rings. The van der Waals surface area contributed by atoms with E-state index in [0.717, 1.165) is 23.3 Å². The van der Waals surface area contributed by atoms with Crippen molar-refractivity contribution >= 4 is 5.91 Å². The van der Waals surface area contributed by atoms with Crippen LogP contribution >= 0.6 is 0 Å². The number of aryl methyl sites for hydroxylation is 1. The van der Waals surface area contributed by atoms with Crippen LogP contribution in [0.3, 0.4) is 0 Å². The summed E-state index contributed by atoms with van der Waals surface area (Å²) in [5, 5.41) is 24.0. The molecule has 2 aromatic carbocycles. The summed E-state index contributed by atoms with van der Waals surface area (Å²) in [6, 6.07) is 12.2. The first-order valence-corrected chi connectivity index (χ1v) is 11.7. The molecule has 1 unspecified atom stereocenters. The molecule has 1 saturated carbocycles. The fourth-order valence-electron chi connectivity index (χ4n) is 4.22. The van der Waals surface area contributed by atoms with Gasteiger partial charge in [-0.25, -0.2) is 0 Å². The Bertz CT molecular complexity index is 1020. The maximum atomic E-state index is 13.3. The molecule has 0 radical (unpaired) electrons. The summed E-state index contributed by atoms with van der Waals surface area (Å²) >= 11 is 0. The molecule has 7 nitrogen and oxygen atoms in total. The van der Waals surface area contributed by atoms with Crippen molar-refractivity contribution in [3.05, 3.63) is 70.8 Å². The van der Waals surface area contributed by atoms with E-state index in [2.05, 4.69) is 5.32 Å². The van der Waals surface area contributed by atoms with Crippen molar-refractivity contribution in [3.8, 4) is 0 Å². The normalized spacial score (nSPS) is 24.5. The van der Waals surface area contributed by atoms with Crippen LogP contribution in [0.5, 0.6) is 0 Å². The van der Waals surface area contributed by atoms with E-state index in [1.54, 1.807) is 0 Å². The van der Waals surface area contributed by atoms with Gasteiger partial charge in [0.25, 0.3) is 5.91 Å². The molecule has 36 heavy (non-hydrogen) atoms. The number of ether oxygens (including phenoxy) is 3. The zero-order valence-corrected chi connectivity index (χ0v) is 20.3. The first kappa shape index (κ1) is 28.1. The molecule has 0 spiro atoms. The van der Waals surface area contributed by atoms with Crippen molar-refractivity contribution in [2.45, 2.75) is 63.1 Å². The fraction of sp³-hybridized carbons (Fsp3) is 0.500. The van der Waals surface area contributed by atoms with Crippen molar-refractivity contribution in [1.29, 1.82) is 0 Å². The lowest BCUT2D eigenvalue weighted by molar-refractivity contribution is -0.200. The maximum Gasteiger partial charge on any atom is 0.416 e. The molecule has 4 atom stereocenters. The number of halogens is 3. The van der Waals surface area contributed by atoms with Gasteiger partial charge in [0.1, 0.15) is 6.10 Å². The number of hydrogen-bond donors (Lipinski definition) is 3. The number of rotatable bonds is 10. The lowest BCUT2D eigenvalue weighted by atomic mass is 9.78. The zero-order chi connectivity index (χ0) is 26.3. The van der Waals surface area contributed by atoms with Gasteiger partial charge in [-0.3, -0.25) is 4.79 Å². The van der Waals surface area contributed by atoms with Crippen LogP contribution in [-0.4, -0.2) is 60.3 Å². The van der Waals surface area contributed by atoms with Crippen LogP contribution in [0.15, 0.2) is 48.5 Å². The van der Waals surface area contributed by atoms with Gasteiger partial charge in [0.05, 0.1) is 37.6 Å². The van der Waals surface area contributed by atoms with E-state index >= 15 is 0 Å². The number of amides is 1. The molecule has 1 aliphatic rings. The number of aliphatic hydroxyl groups is 2. The Morgan fingerprint density at radius 1 is 1.11 bits per heavy atom. The quantitative estimate of drug-likeness (QED) is 0.424. The second-order valence-electron chi connectivity index (χ2n) is 8.97. The molecule has 0 saturated heterocycles. The third-order valence-electron chi connectivity index (χ3n) is 6.33.